The first-order chi connectivity index (χ1) is 23.0. The van der Waals surface area contributed by atoms with Crippen molar-refractivity contribution in [3.63, 3.8) is 0 Å². The summed E-state index contributed by atoms with van der Waals surface area (Å²) >= 11 is 1.38. The SMILES string of the molecule is CCn1c(-c2cccnc2[C@H](C)OC)c2c3cc(ccc31)-c1csc(n1)C[C@H](N[SH](=O)=O)C(=O)N1CCC[C@H](N1)C(=O)OCC(C)(C)C2. The molecule has 0 radical (unpaired) electrons. The first-order valence-electron chi connectivity index (χ1n) is 16.2. The van der Waals surface area contributed by atoms with E-state index < -0.39 is 40.3 Å². The zero-order valence-electron chi connectivity index (χ0n) is 27.8. The van der Waals surface area contributed by atoms with Gasteiger partial charge in [-0.05, 0) is 62.9 Å². The van der Waals surface area contributed by atoms with E-state index in [1.54, 1.807) is 13.3 Å². The van der Waals surface area contributed by atoms with Crippen molar-refractivity contribution in [2.75, 3.05) is 20.3 Å². The van der Waals surface area contributed by atoms with E-state index in [4.69, 9.17) is 19.4 Å². The summed E-state index contributed by atoms with van der Waals surface area (Å²) in [6.45, 7) is 9.49. The molecule has 3 atom stereocenters. The van der Waals surface area contributed by atoms with Gasteiger partial charge >= 0.3 is 5.97 Å². The number of pyridine rings is 1. The molecule has 14 heteroatoms. The number of ether oxygens (including phenoxy) is 2. The summed E-state index contributed by atoms with van der Waals surface area (Å²) in [4.78, 5) is 36.6. The first-order valence-corrected chi connectivity index (χ1v) is 18.3. The maximum Gasteiger partial charge on any atom is 0.324 e. The fourth-order valence-electron chi connectivity index (χ4n) is 6.68. The van der Waals surface area contributed by atoms with Crippen LogP contribution in [0.25, 0.3) is 33.4 Å². The van der Waals surface area contributed by atoms with Gasteiger partial charge in [0.2, 0.25) is 10.9 Å². The van der Waals surface area contributed by atoms with Gasteiger partial charge in [0, 0.05) is 65.6 Å². The van der Waals surface area contributed by atoms with E-state index in [1.165, 1.54) is 16.3 Å². The van der Waals surface area contributed by atoms with Crippen LogP contribution in [0, 0.1) is 5.41 Å². The molecule has 1 saturated heterocycles. The van der Waals surface area contributed by atoms with Gasteiger partial charge in [0.05, 0.1) is 34.8 Å². The van der Waals surface area contributed by atoms with Crippen molar-refractivity contribution in [2.24, 2.45) is 5.41 Å². The monoisotopic (exact) mass is 694 g/mol. The van der Waals surface area contributed by atoms with E-state index in [2.05, 4.69) is 53.7 Å². The second-order valence-electron chi connectivity index (χ2n) is 13.1. The van der Waals surface area contributed by atoms with Gasteiger partial charge in [0.25, 0.3) is 5.91 Å². The van der Waals surface area contributed by atoms with Gasteiger partial charge in [0.1, 0.15) is 12.1 Å². The number of hydrogen-bond acceptors (Lipinski definition) is 10. The van der Waals surface area contributed by atoms with Crippen LogP contribution in [-0.2, 0) is 49.3 Å². The molecule has 0 unspecified atom stereocenters. The lowest BCUT2D eigenvalue weighted by atomic mass is 9.84. The Morgan fingerprint density at radius 2 is 2.06 bits per heavy atom. The van der Waals surface area contributed by atoms with Gasteiger partial charge in [-0.2, -0.15) is 0 Å². The van der Waals surface area contributed by atoms with Crippen molar-refractivity contribution in [2.45, 2.75) is 78.1 Å². The Morgan fingerprint density at radius 3 is 2.81 bits per heavy atom. The standard InChI is InChI=1S/C34H42N6O6S2/c1-6-39-28-12-11-21-15-23(28)24(31(39)22-9-7-13-35-30(22)20(2)45-5)17-34(3,4)19-46-33(42)25-10-8-14-40(37-25)32(41)26(38-48(43)44)16-29-36-27(21)18-47-29/h7,9,11-13,15,18,20,25-26,37,48H,6,8,10,14,16-17,19H2,1-5H3,(H,38,43,44)/t20-,25-,26-/m0/s1. The van der Waals surface area contributed by atoms with E-state index in [0.29, 0.717) is 37.4 Å². The van der Waals surface area contributed by atoms with Crippen LogP contribution in [0.5, 0.6) is 0 Å². The van der Waals surface area contributed by atoms with E-state index >= 15 is 0 Å². The number of nitrogens with one attached hydrogen (secondary N) is 2. The quantitative estimate of drug-likeness (QED) is 0.200. The van der Waals surface area contributed by atoms with Crippen LogP contribution >= 0.6 is 11.3 Å². The van der Waals surface area contributed by atoms with Crippen LogP contribution in [0.1, 0.15) is 62.9 Å². The molecule has 2 aliphatic heterocycles. The Bertz CT molecular complexity index is 1910. The third-order valence-electron chi connectivity index (χ3n) is 9.10. The van der Waals surface area contributed by atoms with Crippen molar-refractivity contribution in [3.8, 4) is 22.5 Å². The Balaban J connectivity index is 1.53. The summed E-state index contributed by atoms with van der Waals surface area (Å²) in [6.07, 6.45) is 3.27. The van der Waals surface area contributed by atoms with Gasteiger partial charge in [-0.25, -0.2) is 23.5 Å². The topological polar surface area (TPSA) is 145 Å². The number of thiazole rings is 1. The van der Waals surface area contributed by atoms with E-state index in [0.717, 1.165) is 44.7 Å². The summed E-state index contributed by atoms with van der Waals surface area (Å²) < 4.78 is 39.9. The molecular formula is C34H42N6O6S2. The second kappa shape index (κ2) is 14.0. The molecule has 48 heavy (non-hydrogen) atoms. The average Bonchev–Trinajstić information content (AvgIpc) is 3.67. The predicted molar refractivity (Wildman–Crippen MR) is 185 cm³/mol. The summed E-state index contributed by atoms with van der Waals surface area (Å²) in [7, 11) is -1.39. The molecule has 0 spiro atoms. The molecule has 1 amide bonds. The average molecular weight is 695 g/mol. The summed E-state index contributed by atoms with van der Waals surface area (Å²) in [5.74, 6) is -0.922. The van der Waals surface area contributed by atoms with Crippen LogP contribution in [0.3, 0.4) is 0 Å². The zero-order chi connectivity index (χ0) is 34.2. The molecule has 0 aliphatic carbocycles. The molecule has 1 fully saturated rings. The maximum absolute atomic E-state index is 13.6. The third kappa shape index (κ3) is 6.90. The number of hydrazine groups is 1. The number of carbonyl (C=O) groups is 2. The van der Waals surface area contributed by atoms with Crippen LogP contribution in [0.2, 0.25) is 0 Å². The van der Waals surface area contributed by atoms with Crippen molar-refractivity contribution in [1.82, 2.24) is 29.7 Å². The summed E-state index contributed by atoms with van der Waals surface area (Å²) in [5, 5.41) is 4.94. The van der Waals surface area contributed by atoms with Gasteiger partial charge < -0.3 is 14.0 Å². The van der Waals surface area contributed by atoms with Gasteiger partial charge in [-0.15, -0.1) is 11.3 Å². The summed E-state index contributed by atoms with van der Waals surface area (Å²) in [6, 6.07) is 8.51. The third-order valence-corrected chi connectivity index (χ3v) is 10.5. The normalized spacial score (nSPS) is 20.9. The van der Waals surface area contributed by atoms with Crippen LogP contribution in [-0.4, -0.2) is 72.2 Å². The fraction of sp³-hybridized carbons (Fsp3) is 0.471. The minimum Gasteiger partial charge on any atom is -0.464 e. The fourth-order valence-corrected chi connectivity index (χ4v) is 7.99. The molecule has 0 saturated carbocycles. The van der Waals surface area contributed by atoms with Gasteiger partial charge in [-0.1, -0.05) is 19.9 Å². The molecule has 12 nitrogen and oxygen atoms in total. The number of nitrogens with zero attached hydrogens (tertiary/aromatic N) is 4. The van der Waals surface area contributed by atoms with Crippen molar-refractivity contribution in [3.05, 3.63) is 58.2 Å². The molecule has 6 rings (SSSR count). The highest BCUT2D eigenvalue weighted by Crippen LogP contribution is 2.42. The second-order valence-corrected chi connectivity index (χ2v) is 14.9. The van der Waals surface area contributed by atoms with Gasteiger partial charge in [-0.3, -0.25) is 19.6 Å². The lowest BCUT2D eigenvalue weighted by Crippen LogP contribution is -2.59. The number of cyclic esters (lactones) is 1. The lowest BCUT2D eigenvalue weighted by Gasteiger charge is -2.35. The Kier molecular flexibility index (Phi) is 10.00. The highest BCUT2D eigenvalue weighted by molar-refractivity contribution is 7.70. The number of fused-ring (bicyclic) bond motifs is 6. The molecule has 6 bridgehead atoms. The Morgan fingerprint density at radius 1 is 1.25 bits per heavy atom. The molecule has 2 aliphatic rings. The molecule has 256 valence electrons. The van der Waals surface area contributed by atoms with E-state index in [9.17, 15) is 18.0 Å². The van der Waals surface area contributed by atoms with Gasteiger partial charge in [0.15, 0.2) is 0 Å². The van der Waals surface area contributed by atoms with Crippen LogP contribution in [0.15, 0.2) is 41.9 Å². The largest absolute Gasteiger partial charge is 0.464 e. The smallest absolute Gasteiger partial charge is 0.324 e. The molecule has 5 heterocycles. The van der Waals surface area contributed by atoms with E-state index in [-0.39, 0.29) is 19.1 Å². The highest BCUT2D eigenvalue weighted by Gasteiger charge is 2.35. The molecule has 3 aromatic heterocycles. The molecule has 4 aromatic rings. The maximum atomic E-state index is 13.6. The number of thiol groups is 1. The number of carbonyl (C=O) groups excluding carboxylic acids is 2. The number of benzene rings is 1. The molecule has 2 N–H and O–H groups in total. The summed E-state index contributed by atoms with van der Waals surface area (Å²) in [5.41, 5.74) is 9.22. The lowest BCUT2D eigenvalue weighted by molar-refractivity contribution is -0.155. The van der Waals surface area contributed by atoms with Crippen molar-refractivity contribution >= 4 is 45.0 Å². The number of hydrogen-bond donors (Lipinski definition) is 3. The minimum absolute atomic E-state index is 0.0691. The Hall–Kier alpha value is -3.69. The Labute approximate surface area is 285 Å². The predicted octanol–water partition coefficient (Wildman–Crippen LogP) is 4.20. The minimum atomic E-state index is -3.07. The number of amides is 1. The zero-order valence-corrected chi connectivity index (χ0v) is 29.5. The number of rotatable bonds is 6. The first kappa shape index (κ1) is 34.2. The molecule has 1 aromatic carbocycles. The highest BCUT2D eigenvalue weighted by atomic mass is 32.2. The number of aryl methyl sites for hydroxylation is 1. The van der Waals surface area contributed by atoms with E-state index in [1.807, 2.05) is 24.4 Å². The van der Waals surface area contributed by atoms with Crippen molar-refractivity contribution in [1.29, 1.82) is 0 Å². The number of esters is 1. The van der Waals surface area contributed by atoms with Crippen LogP contribution < -0.4 is 10.1 Å². The van der Waals surface area contributed by atoms with Crippen LogP contribution in [0.4, 0.5) is 0 Å². The van der Waals surface area contributed by atoms with Crippen molar-refractivity contribution < 1.29 is 27.5 Å². The number of methoxy groups -OCH3 is 1. The number of aromatic nitrogens is 3. The molecular weight excluding hydrogens is 653 g/mol.